The Kier molecular flexibility index (Phi) is 0.862. The van der Waals surface area contributed by atoms with Gasteiger partial charge < -0.3 is 0 Å². The lowest BCUT2D eigenvalue weighted by molar-refractivity contribution is 0.0606. The summed E-state index contributed by atoms with van der Waals surface area (Å²) in [5.41, 5.74) is 0. The monoisotopic (exact) mass is 148 g/mol. The summed E-state index contributed by atoms with van der Waals surface area (Å²) < 4.78 is 45.9. The number of halogens is 5. The van der Waals surface area contributed by atoms with Crippen molar-refractivity contribution < 1.29 is 17.6 Å². The molecule has 2 unspecified atom stereocenters. The zero-order chi connectivity index (χ0) is 6.58. The highest BCUT2D eigenvalue weighted by atomic mass is 35.5. The van der Waals surface area contributed by atoms with Gasteiger partial charge >= 0.3 is 5.92 Å². The number of hydrogen-bond donors (Lipinski definition) is 0. The second-order valence-electron chi connectivity index (χ2n) is 1.61. The van der Waals surface area contributed by atoms with Gasteiger partial charge in [-0.25, -0.2) is 8.78 Å². The predicted octanol–water partition coefficient (Wildman–Crippen LogP) is 1.88. The van der Waals surface area contributed by atoms with Crippen LogP contribution in [-0.4, -0.2) is 17.2 Å². The fraction of sp³-hybridized carbons (Fsp3) is 1.00. The summed E-state index contributed by atoms with van der Waals surface area (Å²) in [6.45, 7) is 0. The first-order valence-electron chi connectivity index (χ1n) is 1.80. The molecular formula is C3HClF4. The van der Waals surface area contributed by atoms with Crippen molar-refractivity contribution in [2.45, 2.75) is 17.2 Å². The van der Waals surface area contributed by atoms with Crippen molar-refractivity contribution in [3.05, 3.63) is 0 Å². The van der Waals surface area contributed by atoms with Crippen molar-refractivity contribution in [1.82, 2.24) is 0 Å². The summed E-state index contributed by atoms with van der Waals surface area (Å²) in [6.07, 6.45) is -2.82. The van der Waals surface area contributed by atoms with Crippen LogP contribution in [0.2, 0.25) is 0 Å². The van der Waals surface area contributed by atoms with E-state index in [4.69, 9.17) is 0 Å². The van der Waals surface area contributed by atoms with Crippen LogP contribution in [0.25, 0.3) is 0 Å². The summed E-state index contributed by atoms with van der Waals surface area (Å²) >= 11 is 4.29. The molecule has 0 aromatic heterocycles. The van der Waals surface area contributed by atoms with E-state index in [2.05, 4.69) is 11.6 Å². The Balaban J connectivity index is 2.72. The van der Waals surface area contributed by atoms with Gasteiger partial charge in [-0.3, -0.25) is 0 Å². The molecular weight excluding hydrogens is 147 g/mol. The van der Waals surface area contributed by atoms with Gasteiger partial charge in [0, 0.05) is 0 Å². The molecule has 1 aliphatic rings. The number of alkyl halides is 5. The summed E-state index contributed by atoms with van der Waals surface area (Å²) in [5, 5.41) is -3.42. The fourth-order valence-corrected chi connectivity index (χ4v) is 0.484. The Morgan fingerprint density at radius 1 is 1.25 bits per heavy atom. The van der Waals surface area contributed by atoms with Gasteiger partial charge in [0.2, 0.25) is 6.17 Å². The van der Waals surface area contributed by atoms with Crippen LogP contribution in [-0.2, 0) is 0 Å². The van der Waals surface area contributed by atoms with Crippen molar-refractivity contribution in [3.8, 4) is 0 Å². The van der Waals surface area contributed by atoms with Crippen LogP contribution in [0.15, 0.2) is 0 Å². The van der Waals surface area contributed by atoms with Crippen LogP contribution < -0.4 is 0 Å². The van der Waals surface area contributed by atoms with E-state index in [9.17, 15) is 17.6 Å². The number of rotatable bonds is 0. The van der Waals surface area contributed by atoms with Crippen LogP contribution in [0.5, 0.6) is 0 Å². The largest absolute Gasteiger partial charge is 0.333 e. The van der Waals surface area contributed by atoms with Gasteiger partial charge in [-0.15, -0.1) is 0 Å². The topological polar surface area (TPSA) is 0 Å². The molecule has 0 bridgehead atoms. The molecule has 0 aliphatic heterocycles. The third kappa shape index (κ3) is 0.417. The molecule has 48 valence electrons. The zero-order valence-corrected chi connectivity index (χ0v) is 4.22. The van der Waals surface area contributed by atoms with Crippen LogP contribution in [0, 0.1) is 0 Å². The van der Waals surface area contributed by atoms with E-state index in [1.54, 1.807) is 0 Å². The van der Waals surface area contributed by atoms with Crippen molar-refractivity contribution in [1.29, 1.82) is 0 Å². The molecule has 0 N–H and O–H groups in total. The third-order valence-electron chi connectivity index (χ3n) is 0.998. The van der Waals surface area contributed by atoms with Crippen LogP contribution >= 0.6 is 11.6 Å². The van der Waals surface area contributed by atoms with E-state index < -0.39 is 17.2 Å². The van der Waals surface area contributed by atoms with E-state index in [0.29, 0.717) is 0 Å². The molecule has 0 saturated heterocycles. The maximum Gasteiger partial charge on any atom is 0.333 e. The van der Waals surface area contributed by atoms with Gasteiger partial charge in [0.1, 0.15) is 0 Å². The van der Waals surface area contributed by atoms with E-state index in [1.165, 1.54) is 0 Å². The lowest BCUT2D eigenvalue weighted by Crippen LogP contribution is -2.01. The van der Waals surface area contributed by atoms with Gasteiger partial charge in [-0.1, -0.05) is 11.6 Å². The second kappa shape index (κ2) is 1.12. The first-order chi connectivity index (χ1) is 3.40. The Bertz CT molecular complexity index is 106. The van der Waals surface area contributed by atoms with E-state index in [0.717, 1.165) is 0 Å². The minimum Gasteiger partial charge on any atom is -0.235 e. The van der Waals surface area contributed by atoms with Gasteiger partial charge in [0.15, 0.2) is 0 Å². The van der Waals surface area contributed by atoms with Gasteiger partial charge in [-0.2, -0.15) is 8.78 Å². The fourth-order valence-electron chi connectivity index (χ4n) is 0.306. The van der Waals surface area contributed by atoms with Gasteiger partial charge in [-0.05, 0) is 0 Å². The molecule has 0 spiro atoms. The molecule has 8 heavy (non-hydrogen) atoms. The first kappa shape index (κ1) is 6.13. The van der Waals surface area contributed by atoms with E-state index >= 15 is 0 Å². The molecule has 5 heteroatoms. The average Bonchev–Trinajstić information content (AvgIpc) is 1.88. The second-order valence-corrected chi connectivity index (χ2v) is 2.16. The summed E-state index contributed by atoms with van der Waals surface area (Å²) in [6, 6.07) is 0. The molecule has 0 heterocycles. The molecule has 0 aromatic rings. The predicted molar refractivity (Wildman–Crippen MR) is 19.5 cm³/mol. The Hall–Kier alpha value is 0.01000. The highest BCUT2D eigenvalue weighted by molar-refractivity contribution is 6.26. The normalized spacial score (nSPS) is 51.4. The summed E-state index contributed by atoms with van der Waals surface area (Å²) in [7, 11) is 0. The Labute approximate surface area is 47.4 Å². The summed E-state index contributed by atoms with van der Waals surface area (Å²) in [4.78, 5) is 0. The standard InChI is InChI=1S/C3HClF4/c4-2(6)1(5)3(2,7)8/h1H. The van der Waals surface area contributed by atoms with Crippen LogP contribution in [0.4, 0.5) is 17.6 Å². The van der Waals surface area contributed by atoms with Gasteiger partial charge in [0.05, 0.1) is 0 Å². The van der Waals surface area contributed by atoms with Crippen molar-refractivity contribution in [2.24, 2.45) is 0 Å². The molecule has 1 rings (SSSR count). The smallest absolute Gasteiger partial charge is 0.235 e. The molecule has 0 nitrogen and oxygen atoms in total. The highest BCUT2D eigenvalue weighted by Crippen LogP contribution is 2.60. The van der Waals surface area contributed by atoms with Crippen LogP contribution in [0.3, 0.4) is 0 Å². The molecule has 1 fully saturated rings. The van der Waals surface area contributed by atoms with Crippen molar-refractivity contribution >= 4 is 11.6 Å². The third-order valence-corrected chi connectivity index (χ3v) is 1.44. The van der Waals surface area contributed by atoms with E-state index in [-0.39, 0.29) is 0 Å². The average molecular weight is 148 g/mol. The summed E-state index contributed by atoms with van der Waals surface area (Å²) in [5.74, 6) is -3.96. The minimum atomic E-state index is -3.96. The lowest BCUT2D eigenvalue weighted by Gasteiger charge is -1.87. The van der Waals surface area contributed by atoms with Crippen LogP contribution in [0.1, 0.15) is 0 Å². The zero-order valence-electron chi connectivity index (χ0n) is 3.47. The lowest BCUT2D eigenvalue weighted by atomic mass is 10.8. The molecule has 0 radical (unpaired) electrons. The Morgan fingerprint density at radius 2 is 1.38 bits per heavy atom. The van der Waals surface area contributed by atoms with Crippen molar-refractivity contribution in [2.75, 3.05) is 0 Å². The SMILES string of the molecule is FC1C(F)(F)C1(F)Cl. The molecule has 1 aliphatic carbocycles. The molecule has 2 atom stereocenters. The first-order valence-corrected chi connectivity index (χ1v) is 2.18. The molecule has 0 amide bonds. The van der Waals surface area contributed by atoms with Gasteiger partial charge in [0.25, 0.3) is 5.13 Å². The molecule has 1 saturated carbocycles. The Morgan fingerprint density at radius 3 is 1.38 bits per heavy atom. The minimum absolute atomic E-state index is 2.82. The van der Waals surface area contributed by atoms with Crippen molar-refractivity contribution in [3.63, 3.8) is 0 Å². The highest BCUT2D eigenvalue weighted by Gasteiger charge is 2.85. The van der Waals surface area contributed by atoms with E-state index in [1.807, 2.05) is 0 Å². The quantitative estimate of drug-likeness (QED) is 0.363. The maximum absolute atomic E-state index is 11.6. The maximum atomic E-state index is 11.6. The molecule has 0 aromatic carbocycles. The number of hydrogen-bond acceptors (Lipinski definition) is 0.